The summed E-state index contributed by atoms with van der Waals surface area (Å²) in [7, 11) is 1.92. The highest BCUT2D eigenvalue weighted by Crippen LogP contribution is 2.36. The minimum Gasteiger partial charge on any atom is -0.309 e. The Morgan fingerprint density at radius 3 is 2.29 bits per heavy atom. The smallest absolute Gasteiger partial charge is 0.123 e. The second-order valence-electron chi connectivity index (χ2n) is 6.08. The number of nitrogens with one attached hydrogen (secondary N) is 1. The minimum atomic E-state index is -0.170. The molecule has 0 radical (unpaired) electrons. The Morgan fingerprint density at radius 1 is 1.05 bits per heavy atom. The van der Waals surface area contributed by atoms with E-state index in [9.17, 15) is 4.39 Å². The van der Waals surface area contributed by atoms with Gasteiger partial charge in [-0.1, -0.05) is 36.8 Å². The number of rotatable bonds is 4. The van der Waals surface area contributed by atoms with Crippen LogP contribution >= 0.6 is 0 Å². The van der Waals surface area contributed by atoms with Crippen LogP contribution in [0.3, 0.4) is 0 Å². The number of hydrogen-bond acceptors (Lipinski definition) is 1. The maximum Gasteiger partial charge on any atom is 0.123 e. The summed E-state index contributed by atoms with van der Waals surface area (Å²) >= 11 is 0. The molecular formula is C19H22FN. The van der Waals surface area contributed by atoms with Gasteiger partial charge in [-0.15, -0.1) is 0 Å². The van der Waals surface area contributed by atoms with E-state index in [1.165, 1.54) is 30.4 Å². The van der Waals surface area contributed by atoms with Crippen molar-refractivity contribution in [2.45, 2.75) is 38.1 Å². The molecule has 3 rings (SSSR count). The van der Waals surface area contributed by atoms with Crippen molar-refractivity contribution in [3.8, 4) is 0 Å². The summed E-state index contributed by atoms with van der Waals surface area (Å²) in [6, 6.07) is 14.1. The van der Waals surface area contributed by atoms with Gasteiger partial charge in [-0.3, -0.25) is 0 Å². The second-order valence-corrected chi connectivity index (χ2v) is 6.08. The Morgan fingerprint density at radius 2 is 1.76 bits per heavy atom. The number of benzene rings is 2. The molecule has 21 heavy (non-hydrogen) atoms. The van der Waals surface area contributed by atoms with E-state index in [0.29, 0.717) is 0 Å². The zero-order valence-electron chi connectivity index (χ0n) is 12.7. The van der Waals surface area contributed by atoms with Crippen molar-refractivity contribution in [2.24, 2.45) is 0 Å². The molecule has 0 spiro atoms. The average molecular weight is 283 g/mol. The summed E-state index contributed by atoms with van der Waals surface area (Å²) in [6.07, 6.45) is 3.99. The lowest BCUT2D eigenvalue weighted by molar-refractivity contribution is 0.419. The van der Waals surface area contributed by atoms with E-state index in [1.54, 1.807) is 12.1 Å². The quantitative estimate of drug-likeness (QED) is 0.857. The van der Waals surface area contributed by atoms with Gasteiger partial charge in [-0.05, 0) is 67.1 Å². The highest BCUT2D eigenvalue weighted by molar-refractivity contribution is 5.36. The largest absolute Gasteiger partial charge is 0.309 e. The molecular weight excluding hydrogens is 261 g/mol. The van der Waals surface area contributed by atoms with E-state index in [4.69, 9.17) is 0 Å². The fraction of sp³-hybridized carbons (Fsp3) is 0.368. The predicted molar refractivity (Wildman–Crippen MR) is 85.1 cm³/mol. The summed E-state index contributed by atoms with van der Waals surface area (Å²) in [4.78, 5) is 0. The van der Waals surface area contributed by atoms with Crippen LogP contribution in [-0.4, -0.2) is 7.05 Å². The predicted octanol–water partition coefficient (Wildman–Crippen LogP) is 4.71. The minimum absolute atomic E-state index is 0.0369. The molecule has 1 atom stereocenters. The van der Waals surface area contributed by atoms with Gasteiger partial charge in [0.1, 0.15) is 5.82 Å². The highest BCUT2D eigenvalue weighted by atomic mass is 19.1. The van der Waals surface area contributed by atoms with Gasteiger partial charge in [-0.25, -0.2) is 4.39 Å². The van der Waals surface area contributed by atoms with E-state index in [1.807, 2.05) is 20.0 Å². The zero-order chi connectivity index (χ0) is 14.8. The van der Waals surface area contributed by atoms with Crippen molar-refractivity contribution in [1.29, 1.82) is 0 Å². The van der Waals surface area contributed by atoms with Crippen LogP contribution in [0.4, 0.5) is 4.39 Å². The van der Waals surface area contributed by atoms with Gasteiger partial charge in [-0.2, -0.15) is 0 Å². The number of hydrogen-bond donors (Lipinski definition) is 1. The van der Waals surface area contributed by atoms with Crippen molar-refractivity contribution < 1.29 is 4.39 Å². The van der Waals surface area contributed by atoms with E-state index in [2.05, 4.69) is 29.6 Å². The zero-order valence-corrected chi connectivity index (χ0v) is 12.7. The Labute approximate surface area is 126 Å². The lowest BCUT2D eigenvalue weighted by atomic mass is 9.79. The van der Waals surface area contributed by atoms with E-state index < -0.39 is 0 Å². The molecule has 0 aromatic heterocycles. The molecule has 2 heteroatoms. The van der Waals surface area contributed by atoms with Gasteiger partial charge >= 0.3 is 0 Å². The van der Waals surface area contributed by atoms with E-state index >= 15 is 0 Å². The first-order valence-corrected chi connectivity index (χ1v) is 7.71. The molecule has 1 N–H and O–H groups in total. The van der Waals surface area contributed by atoms with E-state index in [-0.39, 0.29) is 11.9 Å². The lowest BCUT2D eigenvalue weighted by Gasteiger charge is -2.26. The van der Waals surface area contributed by atoms with Crippen molar-refractivity contribution in [3.63, 3.8) is 0 Å². The molecule has 1 nitrogen and oxygen atoms in total. The molecule has 110 valence electrons. The maximum atomic E-state index is 13.6. The topological polar surface area (TPSA) is 12.0 Å². The summed E-state index contributed by atoms with van der Waals surface area (Å²) in [6.45, 7) is 1.93. The van der Waals surface area contributed by atoms with Crippen molar-refractivity contribution >= 4 is 0 Å². The summed E-state index contributed by atoms with van der Waals surface area (Å²) in [5.74, 6) is 0.583. The molecule has 0 bridgehead atoms. The lowest BCUT2D eigenvalue weighted by Crippen LogP contribution is -2.18. The molecule has 1 saturated carbocycles. The van der Waals surface area contributed by atoms with Gasteiger partial charge in [0.2, 0.25) is 0 Å². The van der Waals surface area contributed by atoms with Gasteiger partial charge in [0.15, 0.2) is 0 Å². The summed E-state index contributed by atoms with van der Waals surface area (Å²) < 4.78 is 13.6. The third-order valence-corrected chi connectivity index (χ3v) is 4.53. The average Bonchev–Trinajstić information content (AvgIpc) is 2.38. The molecule has 1 aliphatic carbocycles. The van der Waals surface area contributed by atoms with Crippen LogP contribution in [0.25, 0.3) is 0 Å². The van der Waals surface area contributed by atoms with Crippen molar-refractivity contribution in [1.82, 2.24) is 5.32 Å². The van der Waals surface area contributed by atoms with Crippen LogP contribution in [0.5, 0.6) is 0 Å². The second kappa shape index (κ2) is 5.98. The molecule has 0 saturated heterocycles. The number of halogens is 1. The van der Waals surface area contributed by atoms with Crippen LogP contribution in [0.2, 0.25) is 0 Å². The summed E-state index contributed by atoms with van der Waals surface area (Å²) in [5, 5.41) is 3.30. The fourth-order valence-electron chi connectivity index (χ4n) is 3.16. The molecule has 0 heterocycles. The molecule has 2 aromatic rings. The third kappa shape index (κ3) is 3.01. The van der Waals surface area contributed by atoms with E-state index in [0.717, 1.165) is 17.0 Å². The van der Waals surface area contributed by atoms with Gasteiger partial charge in [0.25, 0.3) is 0 Å². The Bertz CT molecular complexity index is 594. The monoisotopic (exact) mass is 283 g/mol. The van der Waals surface area contributed by atoms with Crippen molar-refractivity contribution in [2.75, 3.05) is 7.05 Å². The Kier molecular flexibility index (Phi) is 4.07. The van der Waals surface area contributed by atoms with Gasteiger partial charge < -0.3 is 5.32 Å². The van der Waals surface area contributed by atoms with Crippen LogP contribution < -0.4 is 5.32 Å². The van der Waals surface area contributed by atoms with Crippen LogP contribution in [0.1, 0.15) is 53.5 Å². The first-order chi connectivity index (χ1) is 10.2. The first kappa shape index (κ1) is 14.3. The van der Waals surface area contributed by atoms with Crippen LogP contribution in [-0.2, 0) is 0 Å². The third-order valence-electron chi connectivity index (χ3n) is 4.53. The molecule has 1 aliphatic rings. The first-order valence-electron chi connectivity index (χ1n) is 7.71. The standard InChI is InChI=1S/C19H22FN/c1-13-10-17(12-18(20)11-13)19(21-2)16-8-6-15(7-9-16)14-4-3-5-14/h6-12,14,19,21H,3-5H2,1-2H3. The van der Waals surface area contributed by atoms with Crippen molar-refractivity contribution in [3.05, 3.63) is 70.5 Å². The fourth-order valence-corrected chi connectivity index (χ4v) is 3.16. The SMILES string of the molecule is CNC(c1ccc(C2CCC2)cc1)c1cc(C)cc(F)c1. The molecule has 1 unspecified atom stereocenters. The maximum absolute atomic E-state index is 13.6. The van der Waals surface area contributed by atoms with Crippen LogP contribution in [0, 0.1) is 12.7 Å². The summed E-state index contributed by atoms with van der Waals surface area (Å²) in [5.41, 5.74) is 4.56. The normalized spacial score (nSPS) is 16.5. The Balaban J connectivity index is 1.88. The molecule has 2 aromatic carbocycles. The van der Waals surface area contributed by atoms with Gasteiger partial charge in [0, 0.05) is 0 Å². The number of aryl methyl sites for hydroxylation is 1. The highest BCUT2D eigenvalue weighted by Gasteiger charge is 2.20. The Hall–Kier alpha value is -1.67. The van der Waals surface area contributed by atoms with Gasteiger partial charge in [0.05, 0.1) is 6.04 Å². The van der Waals surface area contributed by atoms with Crippen LogP contribution in [0.15, 0.2) is 42.5 Å². The molecule has 0 amide bonds. The molecule has 1 fully saturated rings. The molecule has 0 aliphatic heterocycles.